The van der Waals surface area contributed by atoms with Crippen molar-refractivity contribution in [3.8, 4) is 0 Å². The van der Waals surface area contributed by atoms with E-state index in [1.807, 2.05) is 0 Å². The van der Waals surface area contributed by atoms with Crippen LogP contribution in [0.5, 0.6) is 0 Å². The molecule has 5 unspecified atom stereocenters. The van der Waals surface area contributed by atoms with Gasteiger partial charge in [-0.05, 0) is 6.42 Å². The third-order valence-corrected chi connectivity index (χ3v) is 9.47. The van der Waals surface area contributed by atoms with E-state index < -0.39 is 55.4 Å². The van der Waals surface area contributed by atoms with Crippen LogP contribution >= 0.6 is 11.8 Å². The number of anilines is 1. The Hall–Kier alpha value is -1.85. The van der Waals surface area contributed by atoms with E-state index in [4.69, 9.17) is 9.84 Å². The van der Waals surface area contributed by atoms with Crippen molar-refractivity contribution < 1.29 is 45.0 Å². The highest BCUT2D eigenvalue weighted by Gasteiger charge is 2.45. The van der Waals surface area contributed by atoms with Crippen molar-refractivity contribution in [1.29, 1.82) is 0 Å². The zero-order chi connectivity index (χ0) is 34.4. The molecule has 1 fully saturated rings. The standard InChI is InChI=1S/C32H59N5O9S/c1-2-3-4-5-6-7-8-9-10-11-12-13-14-15-16-17-27(41)33-24(22-47-21-23(39)20-38)31(44)34-26-19-37(36-35-26)18-25(40)30-28(42)29(43)32(45)46-30/h19,23-25,28-30,32,38-40,42-43,45H,2-18,20-22H2,1H3,(H,33,41)(H,34,44)/t23?,24?,25?,28-,29-,30?,32?/m0/s1. The lowest BCUT2D eigenvalue weighted by Gasteiger charge is -2.20. The molecule has 0 radical (unpaired) electrons. The van der Waals surface area contributed by atoms with Crippen LogP contribution in [0.3, 0.4) is 0 Å². The van der Waals surface area contributed by atoms with Crippen LogP contribution in [0, 0.1) is 0 Å². The number of aromatic nitrogens is 3. The van der Waals surface area contributed by atoms with Gasteiger partial charge in [0.15, 0.2) is 12.1 Å². The fraction of sp³-hybridized carbons (Fsp3) is 0.875. The molecule has 0 bridgehead atoms. The smallest absolute Gasteiger partial charge is 0.249 e. The summed E-state index contributed by atoms with van der Waals surface area (Å²) in [4.78, 5) is 25.8. The third kappa shape index (κ3) is 16.9. The lowest BCUT2D eigenvalue weighted by molar-refractivity contribution is -0.147. The predicted octanol–water partition coefficient (Wildman–Crippen LogP) is 1.85. The number of amides is 2. The zero-order valence-electron chi connectivity index (χ0n) is 27.9. The van der Waals surface area contributed by atoms with Gasteiger partial charge >= 0.3 is 0 Å². The highest BCUT2D eigenvalue weighted by molar-refractivity contribution is 7.99. The maximum atomic E-state index is 13.1. The van der Waals surface area contributed by atoms with E-state index in [1.54, 1.807) is 0 Å². The number of nitrogens with zero attached hydrogens (tertiary/aromatic N) is 3. The topological polar surface area (TPSA) is 220 Å². The molecule has 1 aromatic heterocycles. The van der Waals surface area contributed by atoms with Crippen molar-refractivity contribution in [1.82, 2.24) is 20.3 Å². The van der Waals surface area contributed by atoms with Gasteiger partial charge in [-0.3, -0.25) is 9.59 Å². The fourth-order valence-corrected chi connectivity index (χ4v) is 6.42. The SMILES string of the molecule is CCCCCCCCCCCCCCCCCC(=O)NC(CSCC(O)CO)C(=O)Nc1cn(CC(O)C2OC(O)[C@@H](O)[C@@H]2O)nn1. The Morgan fingerprint density at radius 3 is 2.00 bits per heavy atom. The van der Waals surface area contributed by atoms with Gasteiger partial charge in [0.25, 0.3) is 0 Å². The van der Waals surface area contributed by atoms with Gasteiger partial charge in [-0.25, -0.2) is 4.68 Å². The lowest BCUT2D eigenvalue weighted by Crippen LogP contribution is -2.45. The molecular formula is C32H59N5O9S. The minimum atomic E-state index is -1.63. The van der Waals surface area contributed by atoms with Crippen LogP contribution in [0.25, 0.3) is 0 Å². The van der Waals surface area contributed by atoms with E-state index in [0.29, 0.717) is 6.42 Å². The Labute approximate surface area is 283 Å². The average molecular weight is 690 g/mol. The molecule has 0 spiro atoms. The van der Waals surface area contributed by atoms with E-state index in [2.05, 4.69) is 27.9 Å². The molecule has 2 heterocycles. The van der Waals surface area contributed by atoms with Crippen molar-refractivity contribution >= 4 is 29.4 Å². The molecule has 47 heavy (non-hydrogen) atoms. The summed E-state index contributed by atoms with van der Waals surface area (Å²) in [5.41, 5.74) is 0. The summed E-state index contributed by atoms with van der Waals surface area (Å²) in [7, 11) is 0. The van der Waals surface area contributed by atoms with Crippen molar-refractivity contribution in [2.75, 3.05) is 23.4 Å². The normalized spacial score (nSPS) is 21.4. The Morgan fingerprint density at radius 2 is 1.47 bits per heavy atom. The van der Waals surface area contributed by atoms with Gasteiger partial charge in [0.1, 0.15) is 30.5 Å². The van der Waals surface area contributed by atoms with E-state index in [-0.39, 0.29) is 29.8 Å². The Balaban J connectivity index is 1.69. The number of aliphatic hydroxyl groups excluding tert-OH is 6. The number of carbonyl (C=O) groups is 2. The minimum absolute atomic E-state index is 0.0530. The van der Waals surface area contributed by atoms with E-state index in [9.17, 15) is 35.1 Å². The highest BCUT2D eigenvalue weighted by Crippen LogP contribution is 2.23. The third-order valence-electron chi connectivity index (χ3n) is 8.28. The fourth-order valence-electron chi connectivity index (χ4n) is 5.44. The molecule has 0 aromatic carbocycles. The minimum Gasteiger partial charge on any atom is -0.394 e. The molecular weight excluding hydrogens is 630 g/mol. The van der Waals surface area contributed by atoms with Gasteiger partial charge in [-0.2, -0.15) is 11.8 Å². The van der Waals surface area contributed by atoms with Gasteiger partial charge in [0.2, 0.25) is 11.8 Å². The monoisotopic (exact) mass is 689 g/mol. The van der Waals surface area contributed by atoms with Crippen molar-refractivity contribution in [3.05, 3.63) is 6.20 Å². The highest BCUT2D eigenvalue weighted by atomic mass is 32.2. The summed E-state index contributed by atoms with van der Waals surface area (Å²) in [6.45, 7) is 1.62. The van der Waals surface area contributed by atoms with Crippen LogP contribution in [0.15, 0.2) is 6.20 Å². The molecule has 0 saturated carbocycles. The molecule has 7 atom stereocenters. The van der Waals surface area contributed by atoms with Crippen LogP contribution in [0.2, 0.25) is 0 Å². The van der Waals surface area contributed by atoms with Crippen molar-refractivity contribution in [2.24, 2.45) is 0 Å². The van der Waals surface area contributed by atoms with E-state index in [0.717, 1.165) is 25.7 Å². The predicted molar refractivity (Wildman–Crippen MR) is 179 cm³/mol. The number of unbranched alkanes of at least 4 members (excludes halogenated alkanes) is 14. The average Bonchev–Trinajstić information content (AvgIpc) is 3.60. The number of ether oxygens (including phenoxy) is 1. The summed E-state index contributed by atoms with van der Waals surface area (Å²) in [6.07, 6.45) is 11.8. The summed E-state index contributed by atoms with van der Waals surface area (Å²) in [6, 6.07) is -0.935. The molecule has 8 N–H and O–H groups in total. The Bertz CT molecular complexity index is 991. The maximum absolute atomic E-state index is 13.1. The maximum Gasteiger partial charge on any atom is 0.249 e. The first-order chi connectivity index (χ1) is 22.7. The molecule has 272 valence electrons. The molecule has 1 aliphatic rings. The number of rotatable bonds is 27. The molecule has 1 aliphatic heterocycles. The first kappa shape index (κ1) is 41.3. The van der Waals surface area contributed by atoms with Crippen LogP contribution in [-0.4, -0.2) is 118 Å². The number of hydrogen-bond acceptors (Lipinski definition) is 12. The van der Waals surface area contributed by atoms with Crippen molar-refractivity contribution in [3.63, 3.8) is 0 Å². The lowest BCUT2D eigenvalue weighted by atomic mass is 10.0. The van der Waals surface area contributed by atoms with E-state index in [1.165, 1.54) is 93.3 Å². The van der Waals surface area contributed by atoms with Crippen LogP contribution < -0.4 is 10.6 Å². The number of hydrogen-bond donors (Lipinski definition) is 8. The molecule has 15 heteroatoms. The molecule has 2 rings (SSSR count). The van der Waals surface area contributed by atoms with Crippen molar-refractivity contribution in [2.45, 2.75) is 159 Å². The summed E-state index contributed by atoms with van der Waals surface area (Å²) < 4.78 is 6.20. The second kappa shape index (κ2) is 24.3. The summed E-state index contributed by atoms with van der Waals surface area (Å²) in [5.74, 6) is -0.412. The zero-order valence-corrected chi connectivity index (χ0v) is 28.7. The first-order valence-electron chi connectivity index (χ1n) is 17.4. The van der Waals surface area contributed by atoms with E-state index >= 15 is 0 Å². The number of aliphatic hydroxyl groups is 6. The number of thioether (sulfide) groups is 1. The second-order valence-electron chi connectivity index (χ2n) is 12.5. The van der Waals surface area contributed by atoms with Crippen LogP contribution in [-0.2, 0) is 20.9 Å². The number of carbonyl (C=O) groups excluding carboxylic acids is 2. The molecule has 0 aliphatic carbocycles. The second-order valence-corrected chi connectivity index (χ2v) is 13.6. The molecule has 1 saturated heterocycles. The quantitative estimate of drug-likeness (QED) is 0.0621. The molecule has 2 amide bonds. The van der Waals surface area contributed by atoms with Gasteiger partial charge in [0, 0.05) is 17.9 Å². The Morgan fingerprint density at radius 1 is 0.894 bits per heavy atom. The largest absolute Gasteiger partial charge is 0.394 e. The summed E-state index contributed by atoms with van der Waals surface area (Å²) >= 11 is 1.21. The Kier molecular flexibility index (Phi) is 21.4. The van der Waals surface area contributed by atoms with Crippen LogP contribution in [0.1, 0.15) is 110 Å². The molecule has 1 aromatic rings. The van der Waals surface area contributed by atoms with Gasteiger partial charge in [0.05, 0.1) is 25.5 Å². The van der Waals surface area contributed by atoms with Crippen LogP contribution in [0.4, 0.5) is 5.82 Å². The number of nitrogens with one attached hydrogen (secondary N) is 2. The van der Waals surface area contributed by atoms with Gasteiger partial charge in [-0.1, -0.05) is 102 Å². The molecule has 14 nitrogen and oxygen atoms in total. The summed E-state index contributed by atoms with van der Waals surface area (Å²) in [5, 5.41) is 71.4. The van der Waals surface area contributed by atoms with Gasteiger partial charge in [-0.15, -0.1) is 5.10 Å². The first-order valence-corrected chi connectivity index (χ1v) is 18.6. The van der Waals surface area contributed by atoms with Gasteiger partial charge < -0.3 is 46.0 Å².